The highest BCUT2D eigenvalue weighted by atomic mass is 35.5. The van der Waals surface area contributed by atoms with Crippen molar-refractivity contribution in [2.24, 2.45) is 0 Å². The summed E-state index contributed by atoms with van der Waals surface area (Å²) in [5, 5.41) is 35.4. The number of nitrogens with zero attached hydrogens (tertiary/aromatic N) is 3. The van der Waals surface area contributed by atoms with Crippen molar-refractivity contribution < 1.29 is 24.5 Å². The van der Waals surface area contributed by atoms with Gasteiger partial charge >= 0.3 is 5.97 Å². The summed E-state index contributed by atoms with van der Waals surface area (Å²) in [5.41, 5.74) is 11.0. The number of nitriles is 1. The van der Waals surface area contributed by atoms with Gasteiger partial charge in [-0.2, -0.15) is 5.26 Å². The summed E-state index contributed by atoms with van der Waals surface area (Å²) in [4.78, 5) is 17.6. The number of hydrogen-bond donors (Lipinski definition) is 4. The SMILES string of the molecule is Cc1c(-c2ccccc2)cccc1-c1ccc(N2CCNCC2)c(COc2cc(OCc3cncc(C#N)c3)c(CNC[C@@H](O)CC(=O)O)cc2Cl)c1C. The Morgan fingerprint density at radius 3 is 2.44 bits per heavy atom. The Morgan fingerprint density at radius 1 is 0.944 bits per heavy atom. The third kappa shape index (κ3) is 9.37. The summed E-state index contributed by atoms with van der Waals surface area (Å²) in [5.74, 6) is -0.163. The van der Waals surface area contributed by atoms with E-state index >= 15 is 0 Å². The number of benzene rings is 4. The molecule has 10 nitrogen and oxygen atoms in total. The highest BCUT2D eigenvalue weighted by molar-refractivity contribution is 6.32. The highest BCUT2D eigenvalue weighted by Crippen LogP contribution is 2.39. The maximum absolute atomic E-state index is 11.0. The first kappa shape index (κ1) is 38.3. The molecule has 5 aromatic rings. The fraction of sp³-hybridized carbons (Fsp3) is 0.279. The van der Waals surface area contributed by atoms with Crippen LogP contribution in [0.15, 0.2) is 91.3 Å². The molecule has 1 aliphatic rings. The Kier molecular flexibility index (Phi) is 12.8. The molecule has 4 N–H and O–H groups in total. The molecule has 1 aromatic heterocycles. The summed E-state index contributed by atoms with van der Waals surface area (Å²) in [7, 11) is 0. The minimum Gasteiger partial charge on any atom is -0.488 e. The van der Waals surface area contributed by atoms with E-state index in [0.717, 1.165) is 54.1 Å². The number of ether oxygens (including phenoxy) is 2. The van der Waals surface area contributed by atoms with Crippen molar-refractivity contribution in [3.63, 3.8) is 0 Å². The third-order valence-electron chi connectivity index (χ3n) is 9.65. The van der Waals surface area contributed by atoms with Crippen LogP contribution in [0.4, 0.5) is 5.69 Å². The van der Waals surface area contributed by atoms with Gasteiger partial charge in [0.1, 0.15) is 30.8 Å². The van der Waals surface area contributed by atoms with Crippen LogP contribution in [-0.4, -0.2) is 60.0 Å². The molecule has 1 saturated heterocycles. The first-order valence-electron chi connectivity index (χ1n) is 18.0. The van der Waals surface area contributed by atoms with Crippen LogP contribution in [0.1, 0.15) is 39.8 Å². The number of pyridine rings is 1. The molecule has 1 fully saturated rings. The van der Waals surface area contributed by atoms with Crippen molar-refractivity contribution in [1.29, 1.82) is 5.26 Å². The van der Waals surface area contributed by atoms with Crippen LogP contribution in [0, 0.1) is 25.2 Å². The van der Waals surface area contributed by atoms with Gasteiger partial charge in [0, 0.05) is 80.1 Å². The number of aliphatic carboxylic acids is 1. The number of nitrogens with one attached hydrogen (secondary N) is 2. The van der Waals surface area contributed by atoms with Crippen molar-refractivity contribution in [3.8, 4) is 39.8 Å². The molecule has 0 saturated carbocycles. The predicted molar refractivity (Wildman–Crippen MR) is 211 cm³/mol. The lowest BCUT2D eigenvalue weighted by molar-refractivity contribution is -0.139. The molecule has 4 aromatic carbocycles. The van der Waals surface area contributed by atoms with E-state index in [1.165, 1.54) is 22.9 Å². The first-order chi connectivity index (χ1) is 26.2. The number of rotatable bonds is 15. The van der Waals surface area contributed by atoms with Gasteiger partial charge in [-0.3, -0.25) is 9.78 Å². The van der Waals surface area contributed by atoms with Gasteiger partial charge < -0.3 is 35.2 Å². The number of halogens is 1. The largest absolute Gasteiger partial charge is 0.488 e. The molecule has 0 radical (unpaired) electrons. The maximum Gasteiger partial charge on any atom is 0.306 e. The fourth-order valence-electron chi connectivity index (χ4n) is 6.82. The first-order valence-corrected chi connectivity index (χ1v) is 18.4. The molecule has 1 atom stereocenters. The Morgan fingerprint density at radius 2 is 1.69 bits per heavy atom. The molecule has 278 valence electrons. The number of anilines is 1. The Balaban J connectivity index is 1.32. The van der Waals surface area contributed by atoms with Gasteiger partial charge in [-0.1, -0.05) is 66.2 Å². The minimum absolute atomic E-state index is 0.0634. The van der Waals surface area contributed by atoms with Crippen molar-refractivity contribution in [2.45, 2.75) is 46.1 Å². The van der Waals surface area contributed by atoms with Gasteiger partial charge in [0.2, 0.25) is 0 Å². The molecule has 1 aliphatic heterocycles. The number of carbonyl (C=O) groups is 1. The third-order valence-corrected chi connectivity index (χ3v) is 9.95. The van der Waals surface area contributed by atoms with Crippen LogP contribution in [0.3, 0.4) is 0 Å². The van der Waals surface area contributed by atoms with Crippen molar-refractivity contribution in [2.75, 3.05) is 37.6 Å². The van der Waals surface area contributed by atoms with E-state index < -0.39 is 12.1 Å². The Labute approximate surface area is 321 Å². The summed E-state index contributed by atoms with van der Waals surface area (Å²) < 4.78 is 12.9. The van der Waals surface area contributed by atoms with Gasteiger partial charge in [-0.05, 0) is 65.4 Å². The van der Waals surface area contributed by atoms with Gasteiger partial charge in [-0.15, -0.1) is 0 Å². The Bertz CT molecular complexity index is 2130. The second-order valence-electron chi connectivity index (χ2n) is 13.4. The quantitative estimate of drug-likeness (QED) is 0.0882. The predicted octanol–water partition coefficient (Wildman–Crippen LogP) is 7.05. The van der Waals surface area contributed by atoms with E-state index in [4.69, 9.17) is 26.2 Å². The number of carboxylic acids is 1. The summed E-state index contributed by atoms with van der Waals surface area (Å²) in [6.07, 6.45) is 1.69. The number of aromatic nitrogens is 1. The van der Waals surface area contributed by atoms with Crippen molar-refractivity contribution in [1.82, 2.24) is 15.6 Å². The molecule has 0 amide bonds. The summed E-state index contributed by atoms with van der Waals surface area (Å²) >= 11 is 6.89. The number of piperazine rings is 1. The lowest BCUT2D eigenvalue weighted by Gasteiger charge is -2.32. The monoisotopic (exact) mass is 745 g/mol. The fourth-order valence-corrected chi connectivity index (χ4v) is 7.06. The second kappa shape index (κ2) is 18.1. The molecule has 54 heavy (non-hydrogen) atoms. The molecule has 0 aliphatic carbocycles. The van der Waals surface area contributed by atoms with Crippen LogP contribution in [-0.2, 0) is 24.6 Å². The van der Waals surface area contributed by atoms with Crippen molar-refractivity contribution in [3.05, 3.63) is 130 Å². The zero-order valence-electron chi connectivity index (χ0n) is 30.4. The van der Waals surface area contributed by atoms with E-state index in [0.29, 0.717) is 33.2 Å². The van der Waals surface area contributed by atoms with E-state index in [-0.39, 0.29) is 32.7 Å². The number of aliphatic hydroxyl groups excluding tert-OH is 1. The molecule has 0 spiro atoms. The van der Waals surface area contributed by atoms with Crippen LogP contribution >= 0.6 is 11.6 Å². The van der Waals surface area contributed by atoms with Gasteiger partial charge in [-0.25, -0.2) is 0 Å². The molecule has 2 heterocycles. The molecule has 0 unspecified atom stereocenters. The average Bonchev–Trinajstić information content (AvgIpc) is 3.18. The molecular weight excluding hydrogens is 702 g/mol. The number of carboxylic acid groups (broad SMARTS) is 1. The van der Waals surface area contributed by atoms with E-state index in [9.17, 15) is 15.2 Å². The zero-order valence-corrected chi connectivity index (χ0v) is 31.2. The van der Waals surface area contributed by atoms with E-state index in [1.807, 2.05) is 6.07 Å². The number of aliphatic hydroxyl groups is 1. The summed E-state index contributed by atoms with van der Waals surface area (Å²) in [6, 6.07) is 28.6. The zero-order chi connectivity index (χ0) is 38.0. The van der Waals surface area contributed by atoms with Crippen molar-refractivity contribution >= 4 is 23.3 Å². The molecular formula is C43H44ClN5O5. The highest BCUT2D eigenvalue weighted by Gasteiger charge is 2.21. The smallest absolute Gasteiger partial charge is 0.306 e. The Hall–Kier alpha value is -5.44. The molecule has 11 heteroatoms. The maximum atomic E-state index is 11.0. The lowest BCUT2D eigenvalue weighted by Crippen LogP contribution is -2.44. The topological polar surface area (TPSA) is 140 Å². The molecule has 6 rings (SSSR count). The number of hydrogen-bond acceptors (Lipinski definition) is 9. The van der Waals surface area contributed by atoms with E-state index in [2.05, 4.69) is 95.0 Å². The van der Waals surface area contributed by atoms with Gasteiger partial charge in [0.15, 0.2) is 0 Å². The average molecular weight is 746 g/mol. The van der Waals surface area contributed by atoms with Crippen LogP contribution in [0.5, 0.6) is 11.5 Å². The second-order valence-corrected chi connectivity index (χ2v) is 13.8. The molecule has 0 bridgehead atoms. The van der Waals surface area contributed by atoms with Crippen LogP contribution in [0.2, 0.25) is 5.02 Å². The minimum atomic E-state index is -1.08. The lowest BCUT2D eigenvalue weighted by atomic mass is 9.89. The summed E-state index contributed by atoms with van der Waals surface area (Å²) in [6.45, 7) is 8.55. The van der Waals surface area contributed by atoms with Gasteiger partial charge in [0.25, 0.3) is 0 Å². The van der Waals surface area contributed by atoms with Crippen LogP contribution < -0.4 is 25.0 Å². The van der Waals surface area contributed by atoms with Gasteiger partial charge in [0.05, 0.1) is 23.1 Å². The standard InChI is InChI=1S/C43H44ClN5O5/c1-28-35(32-7-4-3-5-8-32)9-6-10-36(28)37-11-12-40(49-15-13-46-14-16-49)38(29(37)2)27-54-42-20-41(53-26-31-17-30(21-45)22-47-23-31)33(18-39(42)44)24-48-25-34(50)19-43(51)52/h3-12,17-18,20,22-23,34,46,48,50H,13-16,19,24-27H2,1-2H3,(H,51,52)/t34-/m0/s1. The van der Waals surface area contributed by atoms with Crippen LogP contribution in [0.25, 0.3) is 22.3 Å². The van der Waals surface area contributed by atoms with E-state index in [1.54, 1.807) is 24.4 Å². The normalized spacial score (nSPS) is 13.3.